The van der Waals surface area contributed by atoms with E-state index in [2.05, 4.69) is 10.6 Å². The van der Waals surface area contributed by atoms with E-state index in [0.29, 0.717) is 5.69 Å². The lowest BCUT2D eigenvalue weighted by atomic mass is 10.1. The average Bonchev–Trinajstić information content (AvgIpc) is 2.23. The van der Waals surface area contributed by atoms with E-state index in [-0.39, 0.29) is 18.2 Å². The Morgan fingerprint density at radius 3 is 2.65 bits per heavy atom. The minimum absolute atomic E-state index is 0.127. The molecule has 2 N–H and O–H groups in total. The molecule has 0 atom stereocenters. The van der Waals surface area contributed by atoms with Gasteiger partial charge < -0.3 is 5.32 Å². The number of rotatable bonds is 3. The lowest BCUT2D eigenvalue weighted by Crippen LogP contribution is -2.34. The van der Waals surface area contributed by atoms with Crippen LogP contribution < -0.4 is 10.6 Å². The molecule has 4 nitrogen and oxygen atoms in total. The number of benzene rings is 1. The number of nitrogens with one attached hydrogen (secondary N) is 2. The van der Waals surface area contributed by atoms with E-state index >= 15 is 0 Å². The van der Waals surface area contributed by atoms with Crippen molar-refractivity contribution in [2.24, 2.45) is 0 Å². The molecule has 0 aliphatic heterocycles. The second kappa shape index (κ2) is 6.25. The highest BCUT2D eigenvalue weighted by atomic mass is 35.5. The van der Waals surface area contributed by atoms with Gasteiger partial charge in [0.15, 0.2) is 0 Å². The first-order valence-electron chi connectivity index (χ1n) is 5.27. The minimum atomic E-state index is -0.534. The van der Waals surface area contributed by atoms with Gasteiger partial charge in [-0.05, 0) is 31.0 Å². The van der Waals surface area contributed by atoms with E-state index in [9.17, 15) is 9.59 Å². The zero-order valence-corrected chi connectivity index (χ0v) is 10.6. The summed E-state index contributed by atoms with van der Waals surface area (Å²) in [5.74, 6) is -0.189. The average molecular weight is 255 g/mol. The van der Waals surface area contributed by atoms with E-state index in [1.807, 2.05) is 32.0 Å². The second-order valence-corrected chi connectivity index (χ2v) is 4.14. The number of hydrogen-bond donors (Lipinski definition) is 2. The molecular weight excluding hydrogens is 240 g/mol. The van der Waals surface area contributed by atoms with Crippen molar-refractivity contribution >= 4 is 29.2 Å². The number of anilines is 1. The first kappa shape index (κ1) is 13.5. The molecule has 0 saturated heterocycles. The Morgan fingerprint density at radius 2 is 2.00 bits per heavy atom. The van der Waals surface area contributed by atoms with Gasteiger partial charge in [-0.1, -0.05) is 12.1 Å². The zero-order valence-electron chi connectivity index (χ0n) is 9.84. The standard InChI is InChI=1S/C12H15ClN2O2/c1-8-3-4-9(2)10(7-8)14-12(17)15-11(16)5-6-13/h3-4,7H,5-6H2,1-2H3,(H2,14,15,16,17). The quantitative estimate of drug-likeness (QED) is 0.815. The van der Waals surface area contributed by atoms with Crippen molar-refractivity contribution in [1.82, 2.24) is 5.32 Å². The molecule has 0 spiro atoms. The van der Waals surface area contributed by atoms with Gasteiger partial charge in [-0.15, -0.1) is 11.6 Å². The summed E-state index contributed by atoms with van der Waals surface area (Å²) in [6, 6.07) is 5.18. The first-order chi connectivity index (χ1) is 8.02. The summed E-state index contributed by atoms with van der Waals surface area (Å²) in [7, 11) is 0. The number of carbonyl (C=O) groups excluding carboxylic acids is 2. The lowest BCUT2D eigenvalue weighted by Gasteiger charge is -2.09. The van der Waals surface area contributed by atoms with Crippen molar-refractivity contribution in [1.29, 1.82) is 0 Å². The van der Waals surface area contributed by atoms with Crippen molar-refractivity contribution in [2.45, 2.75) is 20.3 Å². The molecule has 1 aromatic carbocycles. The highest BCUT2D eigenvalue weighted by Gasteiger charge is 2.08. The molecule has 17 heavy (non-hydrogen) atoms. The number of amides is 3. The van der Waals surface area contributed by atoms with Gasteiger partial charge in [0.05, 0.1) is 0 Å². The third-order valence-electron chi connectivity index (χ3n) is 2.22. The molecule has 1 rings (SSSR count). The molecule has 5 heteroatoms. The van der Waals surface area contributed by atoms with Gasteiger partial charge in [0.1, 0.15) is 0 Å². The summed E-state index contributed by atoms with van der Waals surface area (Å²) in [6.45, 7) is 3.82. The maximum Gasteiger partial charge on any atom is 0.325 e. The van der Waals surface area contributed by atoms with Crippen LogP contribution in [0.1, 0.15) is 17.5 Å². The minimum Gasteiger partial charge on any atom is -0.307 e. The molecule has 0 saturated carbocycles. The fourth-order valence-corrected chi connectivity index (χ4v) is 1.47. The molecule has 3 amide bonds. The maximum atomic E-state index is 11.5. The van der Waals surface area contributed by atoms with Crippen LogP contribution in [-0.2, 0) is 4.79 Å². The summed E-state index contributed by atoms with van der Waals surface area (Å²) >= 11 is 5.39. The van der Waals surface area contributed by atoms with Crippen LogP contribution in [-0.4, -0.2) is 17.8 Å². The number of aryl methyl sites for hydroxylation is 2. The van der Waals surface area contributed by atoms with Gasteiger partial charge in [-0.2, -0.15) is 0 Å². The van der Waals surface area contributed by atoms with Gasteiger partial charge in [0.2, 0.25) is 5.91 Å². The van der Waals surface area contributed by atoms with Gasteiger partial charge >= 0.3 is 6.03 Å². The molecule has 1 aromatic rings. The predicted octanol–water partition coefficient (Wildman–Crippen LogP) is 2.58. The number of urea groups is 1. The molecule has 0 aromatic heterocycles. The zero-order chi connectivity index (χ0) is 12.8. The lowest BCUT2D eigenvalue weighted by molar-refractivity contribution is -0.119. The molecular formula is C12H15ClN2O2. The Hall–Kier alpha value is -1.55. The largest absolute Gasteiger partial charge is 0.325 e. The summed E-state index contributed by atoms with van der Waals surface area (Å²) < 4.78 is 0. The van der Waals surface area contributed by atoms with Crippen LogP contribution in [0.5, 0.6) is 0 Å². The van der Waals surface area contributed by atoms with Crippen LogP contribution in [0.25, 0.3) is 0 Å². The number of imide groups is 1. The summed E-state index contributed by atoms with van der Waals surface area (Å²) in [4.78, 5) is 22.6. The normalized spacial score (nSPS) is 9.82. The van der Waals surface area contributed by atoms with Crippen molar-refractivity contribution in [2.75, 3.05) is 11.2 Å². The smallest absolute Gasteiger partial charge is 0.307 e. The summed E-state index contributed by atoms with van der Waals surface area (Å²) in [5, 5.41) is 4.83. The number of alkyl halides is 1. The first-order valence-corrected chi connectivity index (χ1v) is 5.80. The van der Waals surface area contributed by atoms with Gasteiger partial charge in [0.25, 0.3) is 0 Å². The molecule has 0 fully saturated rings. The van der Waals surface area contributed by atoms with Crippen LogP contribution in [0.2, 0.25) is 0 Å². The fraction of sp³-hybridized carbons (Fsp3) is 0.333. The van der Waals surface area contributed by atoms with E-state index in [4.69, 9.17) is 11.6 Å². The molecule has 0 aliphatic carbocycles. The number of carbonyl (C=O) groups is 2. The Bertz CT molecular complexity index is 433. The maximum absolute atomic E-state index is 11.5. The van der Waals surface area contributed by atoms with Crippen molar-refractivity contribution in [3.8, 4) is 0 Å². The number of hydrogen-bond acceptors (Lipinski definition) is 2. The monoisotopic (exact) mass is 254 g/mol. The molecule has 0 heterocycles. The van der Waals surface area contributed by atoms with Crippen LogP contribution in [0, 0.1) is 13.8 Å². The summed E-state index contributed by atoms with van der Waals surface area (Å²) in [6.07, 6.45) is 0.127. The Kier molecular flexibility index (Phi) is 4.97. The fourth-order valence-electron chi connectivity index (χ4n) is 1.30. The predicted molar refractivity (Wildman–Crippen MR) is 68.4 cm³/mol. The second-order valence-electron chi connectivity index (χ2n) is 3.76. The Morgan fingerprint density at radius 1 is 1.29 bits per heavy atom. The topological polar surface area (TPSA) is 58.2 Å². The van der Waals surface area contributed by atoms with Gasteiger partial charge in [0, 0.05) is 18.0 Å². The molecule has 0 aliphatic rings. The summed E-state index contributed by atoms with van der Waals surface area (Å²) in [5.41, 5.74) is 2.68. The molecule has 0 unspecified atom stereocenters. The molecule has 0 radical (unpaired) electrons. The van der Waals surface area contributed by atoms with Gasteiger partial charge in [-0.3, -0.25) is 10.1 Å². The van der Waals surface area contributed by atoms with Crippen molar-refractivity contribution < 1.29 is 9.59 Å². The van der Waals surface area contributed by atoms with Crippen LogP contribution in [0.3, 0.4) is 0 Å². The van der Waals surface area contributed by atoms with Crippen LogP contribution in [0.4, 0.5) is 10.5 Å². The Labute approximate surface area is 105 Å². The van der Waals surface area contributed by atoms with Crippen LogP contribution >= 0.6 is 11.6 Å². The van der Waals surface area contributed by atoms with Crippen molar-refractivity contribution in [3.05, 3.63) is 29.3 Å². The van der Waals surface area contributed by atoms with E-state index in [1.54, 1.807) is 0 Å². The van der Waals surface area contributed by atoms with Crippen LogP contribution in [0.15, 0.2) is 18.2 Å². The Balaban J connectivity index is 2.62. The van der Waals surface area contributed by atoms with E-state index in [1.165, 1.54) is 0 Å². The highest BCUT2D eigenvalue weighted by Crippen LogP contribution is 2.15. The highest BCUT2D eigenvalue weighted by molar-refractivity contribution is 6.19. The SMILES string of the molecule is Cc1ccc(C)c(NC(=O)NC(=O)CCCl)c1. The van der Waals surface area contributed by atoms with E-state index < -0.39 is 6.03 Å². The van der Waals surface area contributed by atoms with Crippen molar-refractivity contribution in [3.63, 3.8) is 0 Å². The van der Waals surface area contributed by atoms with Gasteiger partial charge in [-0.25, -0.2) is 4.79 Å². The third kappa shape index (κ3) is 4.44. The van der Waals surface area contributed by atoms with E-state index in [0.717, 1.165) is 11.1 Å². The molecule has 0 bridgehead atoms. The molecule has 92 valence electrons. The number of halogens is 1. The third-order valence-corrected chi connectivity index (χ3v) is 2.40.